The Labute approximate surface area is 288 Å². The third-order valence-corrected chi connectivity index (χ3v) is 9.64. The van der Waals surface area contributed by atoms with Gasteiger partial charge in [0.15, 0.2) is 11.5 Å². The van der Waals surface area contributed by atoms with E-state index in [1.807, 2.05) is 13.0 Å². The average molecular weight is 712 g/mol. The number of fused-ring (bicyclic) bond motifs is 2. The third-order valence-electron chi connectivity index (χ3n) is 7.18. The number of halogens is 4. The molecule has 4 aromatic carbocycles. The first-order valence-corrected chi connectivity index (χ1v) is 16.1. The molecular formula is C34H22Cl4N2O5S. The molecule has 1 atom stereocenters. The van der Waals surface area contributed by atoms with E-state index in [4.69, 9.17) is 71.1 Å². The molecule has 0 saturated carbocycles. The number of carbonyl (C=O) groups is 1. The number of rotatable bonds is 8. The molecule has 1 unspecified atom stereocenters. The SMILES string of the molecule is CCOc1cc(C2C(C#N)=C(N)Oc3cc(OC(=O)c4sc5cc(Cl)ccc5c4Cl)ccc32)ccc1OCc1ccc(Cl)cc1Cl. The highest BCUT2D eigenvalue weighted by Crippen LogP contribution is 2.46. The molecule has 12 heteroatoms. The Hall–Kier alpha value is -4.10. The van der Waals surface area contributed by atoms with Gasteiger partial charge in [-0.3, -0.25) is 0 Å². The Morgan fingerprint density at radius 1 is 0.957 bits per heavy atom. The van der Waals surface area contributed by atoms with E-state index in [1.54, 1.807) is 66.7 Å². The Balaban J connectivity index is 1.29. The van der Waals surface area contributed by atoms with Crippen LogP contribution in [0.5, 0.6) is 23.0 Å². The van der Waals surface area contributed by atoms with Gasteiger partial charge in [-0.2, -0.15) is 5.26 Å². The highest BCUT2D eigenvalue weighted by molar-refractivity contribution is 7.21. The topological polar surface area (TPSA) is 104 Å². The molecule has 0 fully saturated rings. The lowest BCUT2D eigenvalue weighted by Gasteiger charge is -2.27. The summed E-state index contributed by atoms with van der Waals surface area (Å²) in [5, 5.41) is 12.6. The molecule has 0 aliphatic carbocycles. The van der Waals surface area contributed by atoms with Gasteiger partial charge in [-0.1, -0.05) is 70.7 Å². The minimum atomic E-state index is -0.632. The van der Waals surface area contributed by atoms with Crippen molar-refractivity contribution in [1.29, 1.82) is 5.26 Å². The summed E-state index contributed by atoms with van der Waals surface area (Å²) in [5.74, 6) is 0.207. The van der Waals surface area contributed by atoms with Crippen LogP contribution < -0.4 is 24.7 Å². The number of hydrogen-bond donors (Lipinski definition) is 1. The van der Waals surface area contributed by atoms with E-state index >= 15 is 0 Å². The second-order valence-electron chi connectivity index (χ2n) is 10.1. The molecule has 6 rings (SSSR count). The second-order valence-corrected chi connectivity index (χ2v) is 12.8. The van der Waals surface area contributed by atoms with Crippen LogP contribution in [0.15, 0.2) is 84.3 Å². The number of carbonyl (C=O) groups excluding carboxylic acids is 1. The van der Waals surface area contributed by atoms with Crippen molar-refractivity contribution < 1.29 is 23.7 Å². The summed E-state index contributed by atoms with van der Waals surface area (Å²) in [7, 11) is 0. The molecule has 1 aliphatic heterocycles. The van der Waals surface area contributed by atoms with Gasteiger partial charge in [0, 0.05) is 42.3 Å². The number of benzene rings is 4. The average Bonchev–Trinajstić information content (AvgIpc) is 3.35. The number of nitriles is 1. The summed E-state index contributed by atoms with van der Waals surface area (Å²) in [6, 6.07) is 22.9. The smallest absolute Gasteiger partial charge is 0.355 e. The highest BCUT2D eigenvalue weighted by atomic mass is 35.5. The van der Waals surface area contributed by atoms with Crippen molar-refractivity contribution in [3.8, 4) is 29.1 Å². The van der Waals surface area contributed by atoms with Crippen LogP contribution in [0.4, 0.5) is 0 Å². The molecule has 0 amide bonds. The summed E-state index contributed by atoms with van der Waals surface area (Å²) in [6.45, 7) is 2.42. The number of esters is 1. The van der Waals surface area contributed by atoms with Crippen molar-refractivity contribution in [3.05, 3.63) is 126 Å². The predicted molar refractivity (Wildman–Crippen MR) is 181 cm³/mol. The van der Waals surface area contributed by atoms with Crippen LogP contribution in [0.3, 0.4) is 0 Å². The van der Waals surface area contributed by atoms with E-state index in [-0.39, 0.29) is 33.7 Å². The summed E-state index contributed by atoms with van der Waals surface area (Å²) < 4.78 is 24.3. The summed E-state index contributed by atoms with van der Waals surface area (Å²) in [5.41, 5.74) is 8.57. The monoisotopic (exact) mass is 710 g/mol. The van der Waals surface area contributed by atoms with Gasteiger partial charge in [0.1, 0.15) is 34.6 Å². The van der Waals surface area contributed by atoms with Gasteiger partial charge in [0.05, 0.1) is 17.5 Å². The van der Waals surface area contributed by atoms with Crippen LogP contribution in [-0.4, -0.2) is 12.6 Å². The fourth-order valence-electron chi connectivity index (χ4n) is 5.05. The minimum Gasteiger partial charge on any atom is -0.490 e. The molecule has 2 N–H and O–H groups in total. The lowest BCUT2D eigenvalue weighted by molar-refractivity contribution is 0.0740. The van der Waals surface area contributed by atoms with Gasteiger partial charge in [0.25, 0.3) is 0 Å². The normalized spacial score (nSPS) is 14.0. The molecule has 0 saturated heterocycles. The molecule has 0 bridgehead atoms. The van der Waals surface area contributed by atoms with Crippen molar-refractivity contribution in [2.24, 2.45) is 5.73 Å². The number of ether oxygens (including phenoxy) is 4. The van der Waals surface area contributed by atoms with Crippen LogP contribution in [0.2, 0.25) is 20.1 Å². The molecule has 1 aromatic heterocycles. The molecular weight excluding hydrogens is 690 g/mol. The maximum Gasteiger partial charge on any atom is 0.355 e. The van der Waals surface area contributed by atoms with Crippen LogP contribution in [0, 0.1) is 11.3 Å². The molecule has 0 spiro atoms. The van der Waals surface area contributed by atoms with Gasteiger partial charge >= 0.3 is 5.97 Å². The van der Waals surface area contributed by atoms with Gasteiger partial charge in [-0.25, -0.2) is 4.79 Å². The highest BCUT2D eigenvalue weighted by Gasteiger charge is 2.32. The van der Waals surface area contributed by atoms with Crippen molar-refractivity contribution in [2.75, 3.05) is 6.61 Å². The number of hydrogen-bond acceptors (Lipinski definition) is 8. The molecule has 1 aliphatic rings. The molecule has 0 radical (unpaired) electrons. The minimum absolute atomic E-state index is 0.0661. The molecule has 232 valence electrons. The third kappa shape index (κ3) is 6.30. The second kappa shape index (κ2) is 13.3. The van der Waals surface area contributed by atoms with Crippen LogP contribution in [0.1, 0.15) is 39.2 Å². The number of nitrogens with zero attached hydrogens (tertiary/aromatic N) is 1. The van der Waals surface area contributed by atoms with E-state index in [0.29, 0.717) is 55.4 Å². The van der Waals surface area contributed by atoms with E-state index in [1.165, 1.54) is 11.3 Å². The number of thiophene rings is 1. The number of nitrogens with two attached hydrogens (primary N) is 1. The predicted octanol–water partition coefficient (Wildman–Crippen LogP) is 9.93. The first-order chi connectivity index (χ1) is 22.2. The fourth-order valence-corrected chi connectivity index (χ4v) is 7.18. The van der Waals surface area contributed by atoms with E-state index < -0.39 is 11.9 Å². The van der Waals surface area contributed by atoms with Crippen molar-refractivity contribution in [2.45, 2.75) is 19.4 Å². The van der Waals surface area contributed by atoms with Gasteiger partial charge < -0.3 is 24.7 Å². The lowest BCUT2D eigenvalue weighted by atomic mass is 9.83. The summed E-state index contributed by atoms with van der Waals surface area (Å²) >= 11 is 26.1. The molecule has 7 nitrogen and oxygen atoms in total. The Morgan fingerprint density at radius 3 is 2.50 bits per heavy atom. The molecule has 5 aromatic rings. The first kappa shape index (κ1) is 31.9. The maximum absolute atomic E-state index is 13.1. The van der Waals surface area contributed by atoms with Crippen LogP contribution in [-0.2, 0) is 6.61 Å². The Bertz CT molecular complexity index is 2090. The van der Waals surface area contributed by atoms with Gasteiger partial charge in [-0.15, -0.1) is 11.3 Å². The zero-order valence-electron chi connectivity index (χ0n) is 23.9. The molecule has 46 heavy (non-hydrogen) atoms. The van der Waals surface area contributed by atoms with Crippen molar-refractivity contribution in [3.63, 3.8) is 0 Å². The standard InChI is InChI=1S/C34H22Cl4N2O5S/c1-2-42-28-11-17(4-10-26(28)43-16-18-3-5-19(35)12-25(18)37)30-22-9-7-21(14-27(22)45-33(40)24(30)15-39)44-34(41)32-31(38)23-8-6-20(36)13-29(23)46-32/h3-14,30H,2,16,40H2,1H3. The fraction of sp³-hybridized carbons (Fsp3) is 0.118. The Kier molecular flexibility index (Phi) is 9.23. The van der Waals surface area contributed by atoms with Gasteiger partial charge in [-0.05, 0) is 55.0 Å². The van der Waals surface area contributed by atoms with Crippen LogP contribution >= 0.6 is 57.7 Å². The summed E-state index contributed by atoms with van der Waals surface area (Å²) in [4.78, 5) is 13.4. The van der Waals surface area contributed by atoms with Crippen molar-refractivity contribution >= 4 is 73.8 Å². The largest absolute Gasteiger partial charge is 0.490 e. The quantitative estimate of drug-likeness (QED) is 0.126. The zero-order chi connectivity index (χ0) is 32.5. The van der Waals surface area contributed by atoms with E-state index in [2.05, 4.69) is 6.07 Å². The molecule has 2 heterocycles. The van der Waals surface area contributed by atoms with Crippen molar-refractivity contribution in [1.82, 2.24) is 0 Å². The van der Waals surface area contributed by atoms with Gasteiger partial charge in [0.2, 0.25) is 5.88 Å². The maximum atomic E-state index is 13.1. The zero-order valence-corrected chi connectivity index (χ0v) is 27.7. The summed E-state index contributed by atoms with van der Waals surface area (Å²) in [6.07, 6.45) is 0. The Morgan fingerprint density at radius 2 is 1.74 bits per heavy atom. The van der Waals surface area contributed by atoms with E-state index in [0.717, 1.165) is 10.3 Å². The van der Waals surface area contributed by atoms with Crippen LogP contribution in [0.25, 0.3) is 10.1 Å². The van der Waals surface area contributed by atoms with E-state index in [9.17, 15) is 10.1 Å². The lowest BCUT2D eigenvalue weighted by Crippen LogP contribution is -2.21. The number of allylic oxidation sites excluding steroid dienone is 1. The first-order valence-electron chi connectivity index (χ1n) is 13.8.